The van der Waals surface area contributed by atoms with Gasteiger partial charge in [-0.15, -0.1) is 0 Å². The molecule has 1 aromatic heterocycles. The first kappa shape index (κ1) is 14.4. The smallest absolute Gasteiger partial charge is 0.0927 e. The number of anilines is 1. The molecule has 0 unspecified atom stereocenters. The highest BCUT2D eigenvalue weighted by Crippen LogP contribution is 2.34. The fourth-order valence-electron chi connectivity index (χ4n) is 2.02. The van der Waals surface area contributed by atoms with Gasteiger partial charge in [-0.05, 0) is 25.2 Å². The second-order valence-corrected chi connectivity index (χ2v) is 5.42. The van der Waals surface area contributed by atoms with Crippen molar-refractivity contribution in [1.82, 2.24) is 10.3 Å². The average Bonchev–Trinajstić information content (AvgIpc) is 2.40. The summed E-state index contributed by atoms with van der Waals surface area (Å²) in [5, 5.41) is 5.21. The van der Waals surface area contributed by atoms with E-state index in [1.54, 1.807) is 0 Å². The van der Waals surface area contributed by atoms with Crippen LogP contribution < -0.4 is 10.2 Å². The van der Waals surface area contributed by atoms with E-state index < -0.39 is 0 Å². The average molecular weight is 298 g/mol. The van der Waals surface area contributed by atoms with E-state index in [1.165, 1.54) is 0 Å². The Morgan fingerprint density at radius 1 is 1.26 bits per heavy atom. The van der Waals surface area contributed by atoms with Gasteiger partial charge in [0.2, 0.25) is 0 Å². The van der Waals surface area contributed by atoms with Gasteiger partial charge >= 0.3 is 0 Å². The summed E-state index contributed by atoms with van der Waals surface area (Å²) in [5.74, 6) is 0. The normalized spacial score (nSPS) is 11.0. The monoisotopic (exact) mass is 297 g/mol. The van der Waals surface area contributed by atoms with Gasteiger partial charge in [0.1, 0.15) is 0 Å². The highest BCUT2D eigenvalue weighted by Gasteiger charge is 2.12. The Kier molecular flexibility index (Phi) is 4.50. The van der Waals surface area contributed by atoms with Gasteiger partial charge < -0.3 is 10.2 Å². The molecule has 0 aliphatic heterocycles. The minimum atomic E-state index is 0.522. The predicted molar refractivity (Wildman–Crippen MR) is 83.7 cm³/mol. The lowest BCUT2D eigenvalue weighted by atomic mass is 10.1. The van der Waals surface area contributed by atoms with Gasteiger partial charge in [0.15, 0.2) is 0 Å². The number of halogens is 2. The molecule has 1 heterocycles. The summed E-state index contributed by atoms with van der Waals surface area (Å²) >= 11 is 12.4. The van der Waals surface area contributed by atoms with E-state index in [9.17, 15) is 0 Å². The molecular formula is C14H17Cl2N3. The molecule has 102 valence electrons. The minimum absolute atomic E-state index is 0.522. The minimum Gasteiger partial charge on any atom is -0.377 e. The van der Waals surface area contributed by atoms with Crippen LogP contribution in [0.1, 0.15) is 5.69 Å². The van der Waals surface area contributed by atoms with Gasteiger partial charge in [-0.25, -0.2) is 0 Å². The number of aromatic nitrogens is 1. The maximum absolute atomic E-state index is 6.28. The van der Waals surface area contributed by atoms with Crippen LogP contribution in [0.15, 0.2) is 18.2 Å². The summed E-state index contributed by atoms with van der Waals surface area (Å²) in [7, 11) is 5.95. The molecule has 0 radical (unpaired) electrons. The standard InChI is InChI=1S/C14H17Cl2N3/c1-17-7-6-9-8-12(19(2)3)10-4-5-11(15)13(16)14(10)18-9/h4-5,8,17H,6-7H2,1-3H3. The molecule has 0 bridgehead atoms. The summed E-state index contributed by atoms with van der Waals surface area (Å²) in [6.07, 6.45) is 0.857. The van der Waals surface area contributed by atoms with Gasteiger partial charge in [0, 0.05) is 43.8 Å². The van der Waals surface area contributed by atoms with Crippen LogP contribution in [-0.2, 0) is 6.42 Å². The van der Waals surface area contributed by atoms with Gasteiger partial charge in [-0.3, -0.25) is 4.98 Å². The number of hydrogen-bond acceptors (Lipinski definition) is 3. The molecular weight excluding hydrogens is 281 g/mol. The van der Waals surface area contributed by atoms with E-state index in [4.69, 9.17) is 23.2 Å². The first-order chi connectivity index (χ1) is 9.04. The largest absolute Gasteiger partial charge is 0.377 e. The van der Waals surface area contributed by atoms with Crippen LogP contribution in [0.3, 0.4) is 0 Å². The van der Waals surface area contributed by atoms with Gasteiger partial charge in [-0.2, -0.15) is 0 Å². The fraction of sp³-hybridized carbons (Fsp3) is 0.357. The quantitative estimate of drug-likeness (QED) is 0.938. The zero-order valence-corrected chi connectivity index (χ0v) is 12.8. The maximum Gasteiger partial charge on any atom is 0.0927 e. The van der Waals surface area contributed by atoms with Gasteiger partial charge in [-0.1, -0.05) is 23.2 Å². The number of nitrogens with one attached hydrogen (secondary N) is 1. The zero-order valence-electron chi connectivity index (χ0n) is 11.3. The fourth-order valence-corrected chi connectivity index (χ4v) is 2.38. The topological polar surface area (TPSA) is 28.2 Å². The van der Waals surface area contributed by atoms with Crippen molar-refractivity contribution >= 4 is 39.8 Å². The molecule has 0 atom stereocenters. The number of likely N-dealkylation sites (N-methyl/N-ethyl adjacent to an activating group) is 1. The molecule has 2 rings (SSSR count). The lowest BCUT2D eigenvalue weighted by Crippen LogP contribution is -2.14. The maximum atomic E-state index is 6.28. The van der Waals surface area contributed by atoms with Crippen LogP contribution in [0, 0.1) is 0 Å². The predicted octanol–water partition coefficient (Wildman–Crippen LogP) is 3.37. The first-order valence-electron chi connectivity index (χ1n) is 6.14. The molecule has 0 fully saturated rings. The highest BCUT2D eigenvalue weighted by molar-refractivity contribution is 6.45. The van der Waals surface area contributed by atoms with Crippen molar-refractivity contribution in [3.8, 4) is 0 Å². The zero-order chi connectivity index (χ0) is 14.0. The molecule has 1 N–H and O–H groups in total. The van der Waals surface area contributed by atoms with Crippen molar-refractivity contribution in [2.75, 3.05) is 32.6 Å². The van der Waals surface area contributed by atoms with E-state index in [2.05, 4.69) is 21.3 Å². The van der Waals surface area contributed by atoms with E-state index in [0.29, 0.717) is 10.0 Å². The first-order valence-corrected chi connectivity index (χ1v) is 6.89. The Labute approximate surface area is 123 Å². The third-order valence-corrected chi connectivity index (χ3v) is 3.81. The van der Waals surface area contributed by atoms with E-state index in [0.717, 1.165) is 35.2 Å². The Balaban J connectivity index is 2.65. The van der Waals surface area contributed by atoms with E-state index in [1.807, 2.05) is 33.3 Å². The number of hydrogen-bond donors (Lipinski definition) is 1. The number of rotatable bonds is 4. The summed E-state index contributed by atoms with van der Waals surface area (Å²) in [6.45, 7) is 0.879. The molecule has 0 aliphatic carbocycles. The molecule has 1 aromatic carbocycles. The van der Waals surface area contributed by atoms with Crippen molar-refractivity contribution < 1.29 is 0 Å². The number of fused-ring (bicyclic) bond motifs is 1. The van der Waals surface area contributed by atoms with Crippen molar-refractivity contribution in [3.63, 3.8) is 0 Å². The Morgan fingerprint density at radius 3 is 2.63 bits per heavy atom. The van der Waals surface area contributed by atoms with Crippen molar-refractivity contribution in [3.05, 3.63) is 33.9 Å². The van der Waals surface area contributed by atoms with Gasteiger partial charge in [0.25, 0.3) is 0 Å². The molecule has 0 aliphatic rings. The summed E-state index contributed by atoms with van der Waals surface area (Å²) < 4.78 is 0. The SMILES string of the molecule is CNCCc1cc(N(C)C)c2ccc(Cl)c(Cl)c2n1. The van der Waals surface area contributed by atoms with Crippen molar-refractivity contribution in [1.29, 1.82) is 0 Å². The number of pyridine rings is 1. The molecule has 19 heavy (non-hydrogen) atoms. The third kappa shape index (κ3) is 2.94. The summed E-state index contributed by atoms with van der Waals surface area (Å²) in [6, 6.07) is 5.88. The molecule has 3 nitrogen and oxygen atoms in total. The Morgan fingerprint density at radius 2 is 2.00 bits per heavy atom. The molecule has 2 aromatic rings. The van der Waals surface area contributed by atoms with Crippen LogP contribution in [0.25, 0.3) is 10.9 Å². The number of nitrogens with zero attached hydrogens (tertiary/aromatic N) is 2. The van der Waals surface area contributed by atoms with Crippen LogP contribution >= 0.6 is 23.2 Å². The van der Waals surface area contributed by atoms with Crippen molar-refractivity contribution in [2.45, 2.75) is 6.42 Å². The summed E-state index contributed by atoms with van der Waals surface area (Å²) in [5.41, 5.74) is 2.89. The molecule has 0 saturated carbocycles. The van der Waals surface area contributed by atoms with Crippen LogP contribution in [-0.4, -0.2) is 32.7 Å². The molecule has 0 amide bonds. The Hall–Kier alpha value is -1.03. The van der Waals surface area contributed by atoms with Crippen LogP contribution in [0.5, 0.6) is 0 Å². The molecule has 5 heteroatoms. The van der Waals surface area contributed by atoms with E-state index >= 15 is 0 Å². The molecule has 0 spiro atoms. The lowest BCUT2D eigenvalue weighted by molar-refractivity contribution is 0.779. The van der Waals surface area contributed by atoms with E-state index in [-0.39, 0.29) is 0 Å². The third-order valence-electron chi connectivity index (χ3n) is 3.02. The Bertz CT molecular complexity index is 597. The second-order valence-electron chi connectivity index (χ2n) is 4.64. The lowest BCUT2D eigenvalue weighted by Gasteiger charge is -2.17. The second kappa shape index (κ2) is 5.95. The molecule has 0 saturated heterocycles. The van der Waals surface area contributed by atoms with Crippen molar-refractivity contribution in [2.24, 2.45) is 0 Å². The highest BCUT2D eigenvalue weighted by atomic mass is 35.5. The summed E-state index contributed by atoms with van der Waals surface area (Å²) in [4.78, 5) is 6.70. The number of benzene rings is 1. The van der Waals surface area contributed by atoms with Crippen LogP contribution in [0.2, 0.25) is 10.0 Å². The van der Waals surface area contributed by atoms with Gasteiger partial charge in [0.05, 0.1) is 15.6 Å². The van der Waals surface area contributed by atoms with Crippen LogP contribution in [0.4, 0.5) is 5.69 Å².